The van der Waals surface area contributed by atoms with E-state index in [9.17, 15) is 22.0 Å². The summed E-state index contributed by atoms with van der Waals surface area (Å²) in [7, 11) is -2.77. The number of sulfonamides is 1. The van der Waals surface area contributed by atoms with Gasteiger partial charge < -0.3 is 9.47 Å². The van der Waals surface area contributed by atoms with E-state index in [-0.39, 0.29) is 23.6 Å². The molecule has 0 saturated heterocycles. The summed E-state index contributed by atoms with van der Waals surface area (Å²) < 4.78 is 61.9. The summed E-state index contributed by atoms with van der Waals surface area (Å²) in [6.45, 7) is -1.46. The molecular formula is C22H23F2NO5S. The summed E-state index contributed by atoms with van der Waals surface area (Å²) in [4.78, 5) is 12.1. The van der Waals surface area contributed by atoms with Gasteiger partial charge >= 0.3 is 12.6 Å². The molecule has 0 aromatic heterocycles. The van der Waals surface area contributed by atoms with Crippen LogP contribution >= 0.6 is 0 Å². The first-order valence-electron chi connectivity index (χ1n) is 9.60. The van der Waals surface area contributed by atoms with E-state index in [4.69, 9.17) is 4.74 Å². The smallest absolute Gasteiger partial charge is 0.387 e. The topological polar surface area (TPSA) is 72.9 Å². The summed E-state index contributed by atoms with van der Waals surface area (Å²) in [5.74, 6) is -0.636. The molecule has 9 heteroatoms. The van der Waals surface area contributed by atoms with E-state index in [1.807, 2.05) is 25.1 Å². The Kier molecular flexibility index (Phi) is 7.07. The minimum atomic E-state index is -3.97. The molecule has 31 heavy (non-hydrogen) atoms. The van der Waals surface area contributed by atoms with Gasteiger partial charge in [-0.05, 0) is 60.2 Å². The average molecular weight is 451 g/mol. The number of alkyl halides is 2. The molecule has 0 radical (unpaired) electrons. The highest BCUT2D eigenvalue weighted by molar-refractivity contribution is 7.93. The number of hydrogen-bond donors (Lipinski definition) is 0. The zero-order valence-electron chi connectivity index (χ0n) is 17.2. The van der Waals surface area contributed by atoms with Gasteiger partial charge in [0, 0.05) is 6.54 Å². The molecule has 0 unspecified atom stereocenters. The third-order valence-corrected chi connectivity index (χ3v) is 7.03. The Morgan fingerprint density at radius 2 is 1.90 bits per heavy atom. The lowest BCUT2D eigenvalue weighted by atomic mass is 9.97. The number of aryl methyl sites for hydroxylation is 2. The Labute approximate surface area is 180 Å². The Morgan fingerprint density at radius 1 is 1.16 bits per heavy atom. The molecule has 0 amide bonds. The number of nitrogens with zero attached hydrogens (tertiary/aromatic N) is 1. The van der Waals surface area contributed by atoms with Crippen LogP contribution in [0, 0.1) is 6.92 Å². The molecule has 0 heterocycles. The van der Waals surface area contributed by atoms with E-state index in [0.29, 0.717) is 12.0 Å². The van der Waals surface area contributed by atoms with Crippen molar-refractivity contribution in [3.05, 3.63) is 69.6 Å². The number of carbonyl (C=O) groups excluding carboxylic acids is 1. The highest BCUT2D eigenvalue weighted by atomic mass is 32.2. The SMILES string of the molecule is COC(=O)CN(Cc1ccccc1C)S(=O)(=O)C1=Cc2ccc(OC(F)F)cc2CC1. The number of hydrogen-bond acceptors (Lipinski definition) is 5. The van der Waals surface area contributed by atoms with Crippen LogP contribution in [0.1, 0.15) is 28.7 Å². The van der Waals surface area contributed by atoms with Crippen LogP contribution in [0.15, 0.2) is 47.4 Å². The maximum atomic E-state index is 13.4. The summed E-state index contributed by atoms with van der Waals surface area (Å²) in [6, 6.07) is 11.7. The number of methoxy groups -OCH3 is 1. The van der Waals surface area contributed by atoms with Crippen LogP contribution in [-0.2, 0) is 32.5 Å². The fraction of sp³-hybridized carbons (Fsp3) is 0.318. The highest BCUT2D eigenvalue weighted by Gasteiger charge is 2.31. The molecule has 0 fully saturated rings. The number of rotatable bonds is 8. The number of ether oxygens (including phenoxy) is 2. The molecule has 0 N–H and O–H groups in total. The van der Waals surface area contributed by atoms with Crippen molar-refractivity contribution >= 4 is 22.1 Å². The van der Waals surface area contributed by atoms with Gasteiger partial charge in [0.2, 0.25) is 10.0 Å². The lowest BCUT2D eigenvalue weighted by Crippen LogP contribution is -2.37. The van der Waals surface area contributed by atoms with Gasteiger partial charge in [-0.25, -0.2) is 8.42 Å². The number of allylic oxidation sites excluding steroid dienone is 1. The lowest BCUT2D eigenvalue weighted by Gasteiger charge is -2.25. The lowest BCUT2D eigenvalue weighted by molar-refractivity contribution is -0.140. The Balaban J connectivity index is 1.93. The van der Waals surface area contributed by atoms with Crippen molar-refractivity contribution in [3.8, 4) is 5.75 Å². The molecule has 0 saturated carbocycles. The fourth-order valence-electron chi connectivity index (χ4n) is 3.40. The number of halogens is 2. The fourth-order valence-corrected chi connectivity index (χ4v) is 4.95. The first kappa shape index (κ1) is 22.9. The minimum Gasteiger partial charge on any atom is -0.468 e. The molecule has 1 aliphatic carbocycles. The van der Waals surface area contributed by atoms with Gasteiger partial charge in [-0.15, -0.1) is 0 Å². The Morgan fingerprint density at radius 3 is 2.58 bits per heavy atom. The zero-order chi connectivity index (χ0) is 22.6. The molecule has 2 aromatic carbocycles. The largest absolute Gasteiger partial charge is 0.468 e. The van der Waals surface area contributed by atoms with Crippen LogP contribution in [-0.4, -0.2) is 39.0 Å². The molecule has 2 aromatic rings. The summed E-state index contributed by atoms with van der Waals surface area (Å²) in [5.41, 5.74) is 3.01. The molecule has 0 aliphatic heterocycles. The standard InChI is InChI=1S/C22H23F2NO5S/c1-15-5-3-4-6-18(15)13-25(14-21(26)29-2)31(27,28)20-10-8-16-11-19(30-22(23)24)9-7-17(16)12-20/h3-7,9,11-12,22H,8,10,13-14H2,1-2H3. The van der Waals surface area contributed by atoms with Gasteiger partial charge in [0.25, 0.3) is 0 Å². The number of benzene rings is 2. The third kappa shape index (κ3) is 5.48. The molecule has 0 atom stereocenters. The van der Waals surface area contributed by atoms with Crippen molar-refractivity contribution in [2.45, 2.75) is 32.9 Å². The quantitative estimate of drug-likeness (QED) is 0.570. The van der Waals surface area contributed by atoms with Gasteiger partial charge in [0.1, 0.15) is 12.3 Å². The van der Waals surface area contributed by atoms with Crippen molar-refractivity contribution in [1.29, 1.82) is 0 Å². The van der Waals surface area contributed by atoms with Crippen molar-refractivity contribution in [2.75, 3.05) is 13.7 Å². The monoisotopic (exact) mass is 451 g/mol. The van der Waals surface area contributed by atoms with E-state index in [1.54, 1.807) is 12.1 Å². The molecule has 166 valence electrons. The normalized spacial score (nSPS) is 13.7. The predicted octanol–water partition coefficient (Wildman–Crippen LogP) is 3.89. The van der Waals surface area contributed by atoms with Gasteiger partial charge in [-0.3, -0.25) is 4.79 Å². The highest BCUT2D eigenvalue weighted by Crippen LogP contribution is 2.32. The van der Waals surface area contributed by atoms with Gasteiger partial charge in [0.05, 0.1) is 12.0 Å². The van der Waals surface area contributed by atoms with E-state index in [2.05, 4.69) is 4.74 Å². The predicted molar refractivity (Wildman–Crippen MR) is 112 cm³/mol. The number of esters is 1. The first-order chi connectivity index (χ1) is 14.7. The first-order valence-corrected chi connectivity index (χ1v) is 11.0. The Hall–Kier alpha value is -2.78. The maximum absolute atomic E-state index is 13.4. The van der Waals surface area contributed by atoms with E-state index < -0.39 is 29.1 Å². The summed E-state index contributed by atoms with van der Waals surface area (Å²) in [6.07, 6.45) is 2.04. The van der Waals surface area contributed by atoms with E-state index >= 15 is 0 Å². The van der Waals surface area contributed by atoms with Gasteiger partial charge in [-0.2, -0.15) is 13.1 Å². The van der Waals surface area contributed by atoms with Gasteiger partial charge in [0.15, 0.2) is 0 Å². The van der Waals surface area contributed by atoms with Crippen LogP contribution in [0.3, 0.4) is 0 Å². The van der Waals surface area contributed by atoms with Crippen LogP contribution in [0.25, 0.3) is 6.08 Å². The van der Waals surface area contributed by atoms with Crippen LogP contribution in [0.2, 0.25) is 0 Å². The van der Waals surface area contributed by atoms with Gasteiger partial charge in [-0.1, -0.05) is 30.3 Å². The average Bonchev–Trinajstić information content (AvgIpc) is 2.73. The third-order valence-electron chi connectivity index (χ3n) is 5.11. The van der Waals surface area contributed by atoms with Crippen molar-refractivity contribution < 1.29 is 31.5 Å². The van der Waals surface area contributed by atoms with Crippen LogP contribution < -0.4 is 4.74 Å². The second-order valence-corrected chi connectivity index (χ2v) is 9.12. The van der Waals surface area contributed by atoms with Crippen LogP contribution in [0.5, 0.6) is 5.75 Å². The molecular weight excluding hydrogens is 428 g/mol. The second-order valence-electron chi connectivity index (χ2n) is 7.13. The van der Waals surface area contributed by atoms with Crippen molar-refractivity contribution in [2.24, 2.45) is 0 Å². The summed E-state index contributed by atoms with van der Waals surface area (Å²) in [5, 5.41) is 0. The number of carbonyl (C=O) groups is 1. The molecule has 1 aliphatic rings. The van der Waals surface area contributed by atoms with Crippen LogP contribution in [0.4, 0.5) is 8.78 Å². The van der Waals surface area contributed by atoms with Crippen molar-refractivity contribution in [3.63, 3.8) is 0 Å². The molecule has 3 rings (SSSR count). The van der Waals surface area contributed by atoms with E-state index in [0.717, 1.165) is 21.0 Å². The number of fused-ring (bicyclic) bond motifs is 1. The van der Waals surface area contributed by atoms with Crippen molar-refractivity contribution in [1.82, 2.24) is 4.31 Å². The zero-order valence-corrected chi connectivity index (χ0v) is 18.0. The molecule has 0 bridgehead atoms. The summed E-state index contributed by atoms with van der Waals surface area (Å²) >= 11 is 0. The second kappa shape index (κ2) is 9.57. The Bertz CT molecular complexity index is 1100. The van der Waals surface area contributed by atoms with E-state index in [1.165, 1.54) is 25.3 Å². The maximum Gasteiger partial charge on any atom is 0.387 e. The molecule has 0 spiro atoms. The minimum absolute atomic E-state index is 0.0233. The molecule has 6 nitrogen and oxygen atoms in total.